The van der Waals surface area contributed by atoms with E-state index < -0.39 is 6.10 Å². The van der Waals surface area contributed by atoms with E-state index in [1.165, 1.54) is 0 Å². The number of hydrogen-bond acceptors (Lipinski definition) is 6. The van der Waals surface area contributed by atoms with Gasteiger partial charge in [-0.2, -0.15) is 0 Å². The quantitative estimate of drug-likeness (QED) is 0.627. The van der Waals surface area contributed by atoms with Crippen molar-refractivity contribution < 1.29 is 10.2 Å². The van der Waals surface area contributed by atoms with Crippen LogP contribution in [-0.2, 0) is 6.54 Å². The Morgan fingerprint density at radius 1 is 1.47 bits per heavy atom. The molecule has 0 aromatic carbocycles. The van der Waals surface area contributed by atoms with Crippen molar-refractivity contribution >= 4 is 5.82 Å². The van der Waals surface area contributed by atoms with E-state index in [-0.39, 0.29) is 12.6 Å². The van der Waals surface area contributed by atoms with Crippen LogP contribution in [0.15, 0.2) is 12.3 Å². The fourth-order valence-electron chi connectivity index (χ4n) is 1.53. The van der Waals surface area contributed by atoms with E-state index in [4.69, 9.17) is 10.8 Å². The summed E-state index contributed by atoms with van der Waals surface area (Å²) < 4.78 is 0. The molecule has 4 N–H and O–H groups in total. The number of nitrogens with two attached hydrogens (primary N) is 1. The van der Waals surface area contributed by atoms with Gasteiger partial charge in [-0.05, 0) is 19.9 Å². The highest BCUT2D eigenvalue weighted by Gasteiger charge is 2.16. The van der Waals surface area contributed by atoms with Crippen LogP contribution in [0.5, 0.6) is 0 Å². The normalized spacial score (nSPS) is 14.9. The third-order valence-corrected chi connectivity index (χ3v) is 2.46. The van der Waals surface area contributed by atoms with Gasteiger partial charge in [0.25, 0.3) is 0 Å². The topological polar surface area (TPSA) is 95.5 Å². The van der Waals surface area contributed by atoms with Gasteiger partial charge in [-0.1, -0.05) is 0 Å². The third-order valence-electron chi connectivity index (χ3n) is 2.46. The number of nitrogen functional groups attached to an aromatic ring is 1. The average molecular weight is 240 g/mol. The SMILES string of the molecule is CC(O)CN(Cc1nccc(N)n1)C(C)CO. The fourth-order valence-corrected chi connectivity index (χ4v) is 1.53. The van der Waals surface area contributed by atoms with Gasteiger partial charge in [-0.3, -0.25) is 4.90 Å². The van der Waals surface area contributed by atoms with Crippen molar-refractivity contribution in [3.8, 4) is 0 Å². The van der Waals surface area contributed by atoms with E-state index in [2.05, 4.69) is 9.97 Å². The molecule has 0 aliphatic rings. The third kappa shape index (κ3) is 4.64. The average Bonchev–Trinajstić information content (AvgIpc) is 2.26. The molecule has 6 heteroatoms. The molecule has 2 unspecified atom stereocenters. The van der Waals surface area contributed by atoms with E-state index in [0.717, 1.165) is 0 Å². The number of aliphatic hydroxyl groups excluding tert-OH is 2. The first-order valence-corrected chi connectivity index (χ1v) is 5.63. The van der Waals surface area contributed by atoms with Crippen molar-refractivity contribution in [2.24, 2.45) is 0 Å². The first-order valence-electron chi connectivity index (χ1n) is 5.63. The van der Waals surface area contributed by atoms with Gasteiger partial charge in [0.1, 0.15) is 11.6 Å². The standard InChI is InChI=1S/C11H20N4O2/c1-8(7-16)15(5-9(2)17)6-11-13-4-3-10(12)14-11/h3-4,8-9,16-17H,5-7H2,1-2H3,(H2,12,13,14). The molecule has 1 rings (SSSR count). The molecule has 0 fully saturated rings. The maximum Gasteiger partial charge on any atom is 0.144 e. The summed E-state index contributed by atoms with van der Waals surface area (Å²) in [6.07, 6.45) is 1.13. The number of nitrogens with zero attached hydrogens (tertiary/aromatic N) is 3. The van der Waals surface area contributed by atoms with Crippen LogP contribution in [0.2, 0.25) is 0 Å². The molecule has 2 atom stereocenters. The fraction of sp³-hybridized carbons (Fsp3) is 0.636. The Hall–Kier alpha value is -1.24. The minimum Gasteiger partial charge on any atom is -0.395 e. The lowest BCUT2D eigenvalue weighted by molar-refractivity contribution is 0.0702. The van der Waals surface area contributed by atoms with Gasteiger partial charge in [-0.25, -0.2) is 9.97 Å². The zero-order valence-electron chi connectivity index (χ0n) is 10.2. The molecule has 0 saturated heterocycles. The predicted octanol–water partition coefficient (Wildman–Crippen LogP) is -0.378. The van der Waals surface area contributed by atoms with E-state index in [1.54, 1.807) is 19.2 Å². The molecule has 0 saturated carbocycles. The minimum absolute atomic E-state index is 0.0229. The molecule has 17 heavy (non-hydrogen) atoms. The van der Waals surface area contributed by atoms with Gasteiger partial charge >= 0.3 is 0 Å². The molecule has 96 valence electrons. The van der Waals surface area contributed by atoms with Crippen LogP contribution in [-0.4, -0.2) is 50.4 Å². The van der Waals surface area contributed by atoms with Gasteiger partial charge in [0.05, 0.1) is 19.3 Å². The summed E-state index contributed by atoms with van der Waals surface area (Å²) in [5.41, 5.74) is 5.58. The van der Waals surface area contributed by atoms with Gasteiger partial charge in [0.2, 0.25) is 0 Å². The van der Waals surface area contributed by atoms with Crippen LogP contribution in [0.1, 0.15) is 19.7 Å². The summed E-state index contributed by atoms with van der Waals surface area (Å²) in [6, 6.07) is 1.56. The summed E-state index contributed by atoms with van der Waals surface area (Å²) in [7, 11) is 0. The zero-order valence-corrected chi connectivity index (χ0v) is 10.2. The van der Waals surface area contributed by atoms with Crippen molar-refractivity contribution in [2.75, 3.05) is 18.9 Å². The second kappa shape index (κ2) is 6.48. The summed E-state index contributed by atoms with van der Waals surface area (Å²) in [5.74, 6) is 1.01. The Kier molecular flexibility index (Phi) is 5.27. The van der Waals surface area contributed by atoms with Crippen molar-refractivity contribution in [1.82, 2.24) is 14.9 Å². The molecule has 6 nitrogen and oxygen atoms in total. The van der Waals surface area contributed by atoms with Crippen LogP contribution in [0.3, 0.4) is 0 Å². The summed E-state index contributed by atoms with van der Waals surface area (Å²) >= 11 is 0. The lowest BCUT2D eigenvalue weighted by Crippen LogP contribution is -2.40. The molecular formula is C11H20N4O2. The monoisotopic (exact) mass is 240 g/mol. The van der Waals surface area contributed by atoms with Crippen LogP contribution in [0, 0.1) is 0 Å². The van der Waals surface area contributed by atoms with Crippen molar-refractivity contribution in [3.63, 3.8) is 0 Å². The number of anilines is 1. The summed E-state index contributed by atoms with van der Waals surface area (Å²) in [4.78, 5) is 10.1. The van der Waals surface area contributed by atoms with Crippen LogP contribution in [0.4, 0.5) is 5.82 Å². The first-order chi connectivity index (χ1) is 8.02. The Bertz CT molecular complexity index is 346. The molecule has 0 amide bonds. The van der Waals surface area contributed by atoms with E-state index in [0.29, 0.717) is 24.7 Å². The van der Waals surface area contributed by atoms with Crippen LogP contribution < -0.4 is 5.73 Å². The minimum atomic E-state index is -0.468. The maximum atomic E-state index is 9.41. The van der Waals surface area contributed by atoms with Crippen molar-refractivity contribution in [2.45, 2.75) is 32.5 Å². The van der Waals surface area contributed by atoms with Crippen molar-refractivity contribution in [3.05, 3.63) is 18.1 Å². The summed E-state index contributed by atoms with van der Waals surface area (Å²) in [6.45, 7) is 4.53. The molecule has 0 bridgehead atoms. The Morgan fingerprint density at radius 2 is 2.18 bits per heavy atom. The molecule has 1 heterocycles. The molecule has 0 aliphatic carbocycles. The van der Waals surface area contributed by atoms with Gasteiger partial charge in [0.15, 0.2) is 0 Å². The summed E-state index contributed by atoms with van der Waals surface area (Å²) in [5, 5.41) is 18.6. The van der Waals surface area contributed by atoms with Crippen LogP contribution in [0.25, 0.3) is 0 Å². The Morgan fingerprint density at radius 3 is 2.71 bits per heavy atom. The second-order valence-corrected chi connectivity index (χ2v) is 4.21. The number of rotatable bonds is 6. The molecule has 0 aliphatic heterocycles. The highest BCUT2D eigenvalue weighted by atomic mass is 16.3. The number of aliphatic hydroxyl groups is 2. The molecule has 0 spiro atoms. The van der Waals surface area contributed by atoms with E-state index >= 15 is 0 Å². The first kappa shape index (κ1) is 13.8. The Labute approximate surface area is 101 Å². The lowest BCUT2D eigenvalue weighted by atomic mass is 10.2. The molecule has 0 radical (unpaired) electrons. The second-order valence-electron chi connectivity index (χ2n) is 4.21. The highest BCUT2D eigenvalue weighted by molar-refractivity contribution is 5.24. The van der Waals surface area contributed by atoms with Gasteiger partial charge < -0.3 is 15.9 Å². The Balaban J connectivity index is 2.71. The predicted molar refractivity (Wildman–Crippen MR) is 65.1 cm³/mol. The zero-order chi connectivity index (χ0) is 12.8. The molecule has 1 aromatic heterocycles. The smallest absolute Gasteiger partial charge is 0.144 e. The van der Waals surface area contributed by atoms with E-state index in [1.807, 2.05) is 11.8 Å². The van der Waals surface area contributed by atoms with Gasteiger partial charge in [0, 0.05) is 18.8 Å². The van der Waals surface area contributed by atoms with Crippen LogP contribution >= 0.6 is 0 Å². The van der Waals surface area contributed by atoms with Gasteiger partial charge in [-0.15, -0.1) is 0 Å². The number of hydrogen-bond donors (Lipinski definition) is 3. The number of aromatic nitrogens is 2. The highest BCUT2D eigenvalue weighted by Crippen LogP contribution is 2.06. The largest absolute Gasteiger partial charge is 0.395 e. The molecule has 1 aromatic rings. The maximum absolute atomic E-state index is 9.41. The lowest BCUT2D eigenvalue weighted by Gasteiger charge is -2.28. The molecular weight excluding hydrogens is 220 g/mol. The van der Waals surface area contributed by atoms with E-state index in [9.17, 15) is 5.11 Å². The van der Waals surface area contributed by atoms with Crippen molar-refractivity contribution in [1.29, 1.82) is 0 Å².